The Morgan fingerprint density at radius 3 is 2.36 bits per heavy atom. The van der Waals surface area contributed by atoms with Crippen molar-refractivity contribution in [2.24, 2.45) is 17.8 Å². The maximum atomic E-state index is 13.0. The molecule has 2 atom stereocenters. The molecule has 0 bridgehead atoms. The van der Waals surface area contributed by atoms with E-state index in [0.717, 1.165) is 16.9 Å². The third-order valence-electron chi connectivity index (χ3n) is 4.36. The first-order chi connectivity index (χ1) is 10.4. The third kappa shape index (κ3) is 3.03. The molecule has 22 heavy (non-hydrogen) atoms. The Labute approximate surface area is 133 Å². The Hall–Kier alpha value is -1.77. The number of carbonyl (C=O) groups is 1. The molecule has 0 spiro atoms. The van der Waals surface area contributed by atoms with Gasteiger partial charge >= 0.3 is 0 Å². The zero-order valence-electron chi connectivity index (χ0n) is 14.3. The summed E-state index contributed by atoms with van der Waals surface area (Å²) in [7, 11) is 1.64. The molecule has 1 aliphatic rings. The smallest absolute Gasteiger partial charge is 0.173 e. The van der Waals surface area contributed by atoms with Crippen LogP contribution in [0.2, 0.25) is 0 Å². The molecule has 0 saturated carbocycles. The normalized spacial score (nSPS) is 21.8. The highest BCUT2D eigenvalue weighted by atomic mass is 16.5. The molecule has 120 valence electrons. The summed E-state index contributed by atoms with van der Waals surface area (Å²) in [5.41, 5.74) is 2.56. The van der Waals surface area contributed by atoms with Crippen LogP contribution in [0.1, 0.15) is 38.8 Å². The number of Topliss-reactive ketones (excluding diaryl/α,β-unsaturated/α-hetero) is 1. The number of ether oxygens (including phenoxy) is 2. The second-order valence-electron chi connectivity index (χ2n) is 6.69. The molecule has 0 fully saturated rings. The van der Waals surface area contributed by atoms with Gasteiger partial charge in [0.05, 0.1) is 24.9 Å². The molecule has 2 rings (SSSR count). The summed E-state index contributed by atoms with van der Waals surface area (Å²) in [4.78, 5) is 13.0. The number of methoxy groups -OCH3 is 1. The Balaban J connectivity index is 2.42. The van der Waals surface area contributed by atoms with Crippen LogP contribution in [0, 0.1) is 24.7 Å². The Morgan fingerprint density at radius 1 is 1.14 bits per heavy atom. The van der Waals surface area contributed by atoms with Crippen LogP contribution < -0.4 is 4.74 Å². The van der Waals surface area contributed by atoms with Crippen LogP contribution in [0.4, 0.5) is 0 Å². The van der Waals surface area contributed by atoms with Crippen molar-refractivity contribution >= 4 is 11.4 Å². The highest BCUT2D eigenvalue weighted by Gasteiger charge is 2.39. The van der Waals surface area contributed by atoms with E-state index in [0.29, 0.717) is 11.5 Å². The molecule has 3 nitrogen and oxygen atoms in total. The number of aryl methyl sites for hydroxylation is 1. The van der Waals surface area contributed by atoms with Crippen molar-refractivity contribution < 1.29 is 14.3 Å². The van der Waals surface area contributed by atoms with E-state index in [-0.39, 0.29) is 23.7 Å². The number of allylic oxidation sites excluding steroid dienone is 1. The van der Waals surface area contributed by atoms with Gasteiger partial charge in [-0.3, -0.25) is 4.79 Å². The van der Waals surface area contributed by atoms with Crippen LogP contribution in [0.25, 0.3) is 5.57 Å². The molecule has 0 saturated heterocycles. The molecule has 2 unspecified atom stereocenters. The van der Waals surface area contributed by atoms with Crippen molar-refractivity contribution in [2.45, 2.75) is 40.7 Å². The number of hydrogen-bond donors (Lipinski definition) is 0. The van der Waals surface area contributed by atoms with E-state index in [1.165, 1.54) is 0 Å². The Morgan fingerprint density at radius 2 is 1.82 bits per heavy atom. The van der Waals surface area contributed by atoms with Gasteiger partial charge in [-0.1, -0.05) is 39.8 Å². The van der Waals surface area contributed by atoms with E-state index in [2.05, 4.69) is 27.7 Å². The van der Waals surface area contributed by atoms with Gasteiger partial charge in [0.1, 0.15) is 11.9 Å². The van der Waals surface area contributed by atoms with Crippen LogP contribution in [0.5, 0.6) is 5.75 Å². The Bertz CT molecular complexity index is 584. The highest BCUT2D eigenvalue weighted by molar-refractivity contribution is 6.22. The van der Waals surface area contributed by atoms with Gasteiger partial charge in [-0.05, 0) is 36.0 Å². The molecule has 0 aromatic heterocycles. The average molecular weight is 302 g/mol. The highest BCUT2D eigenvalue weighted by Crippen LogP contribution is 2.36. The molecule has 0 amide bonds. The fourth-order valence-electron chi connectivity index (χ4n) is 3.07. The number of benzene rings is 1. The molecular formula is C19H26O3. The first kappa shape index (κ1) is 16.6. The first-order valence-corrected chi connectivity index (χ1v) is 7.91. The minimum Gasteiger partial charge on any atom is -0.496 e. The largest absolute Gasteiger partial charge is 0.496 e. The predicted octanol–water partition coefficient (Wildman–Crippen LogP) is 4.24. The second-order valence-corrected chi connectivity index (χ2v) is 6.69. The minimum atomic E-state index is -0.104. The summed E-state index contributed by atoms with van der Waals surface area (Å²) < 4.78 is 11.3. The zero-order chi connectivity index (χ0) is 16.4. The van der Waals surface area contributed by atoms with Gasteiger partial charge in [-0.2, -0.15) is 0 Å². The van der Waals surface area contributed by atoms with Crippen molar-refractivity contribution in [3.8, 4) is 5.75 Å². The van der Waals surface area contributed by atoms with E-state index >= 15 is 0 Å². The maximum Gasteiger partial charge on any atom is 0.173 e. The summed E-state index contributed by atoms with van der Waals surface area (Å²) in [6.07, 6.45) is 1.58. The quantitative estimate of drug-likeness (QED) is 0.834. The van der Waals surface area contributed by atoms with Crippen molar-refractivity contribution in [1.82, 2.24) is 0 Å². The fraction of sp³-hybridized carbons (Fsp3) is 0.526. The lowest BCUT2D eigenvalue weighted by Gasteiger charge is -2.35. The maximum absolute atomic E-state index is 13.0. The minimum absolute atomic E-state index is 0.0522. The monoisotopic (exact) mass is 302 g/mol. The third-order valence-corrected chi connectivity index (χ3v) is 4.36. The van der Waals surface area contributed by atoms with Crippen molar-refractivity contribution in [2.75, 3.05) is 7.11 Å². The lowest BCUT2D eigenvalue weighted by molar-refractivity contribution is -0.126. The molecule has 1 aliphatic heterocycles. The SMILES string of the molecule is COc1cc(C2=COC(C(C)C)C(C(C)C)C2=O)ccc1C. The Kier molecular flexibility index (Phi) is 4.94. The molecule has 1 aromatic rings. The predicted molar refractivity (Wildman–Crippen MR) is 88.8 cm³/mol. The molecule has 1 heterocycles. The molecule has 1 aromatic carbocycles. The van der Waals surface area contributed by atoms with E-state index in [9.17, 15) is 4.79 Å². The number of rotatable bonds is 4. The van der Waals surface area contributed by atoms with Crippen molar-refractivity contribution in [1.29, 1.82) is 0 Å². The van der Waals surface area contributed by atoms with Gasteiger partial charge in [-0.15, -0.1) is 0 Å². The molecule has 0 N–H and O–H groups in total. The summed E-state index contributed by atoms with van der Waals surface area (Å²) in [5.74, 6) is 1.41. The van der Waals surface area contributed by atoms with Crippen molar-refractivity contribution in [3.63, 3.8) is 0 Å². The van der Waals surface area contributed by atoms with E-state index in [4.69, 9.17) is 9.47 Å². The van der Waals surface area contributed by atoms with Crippen molar-refractivity contribution in [3.05, 3.63) is 35.6 Å². The summed E-state index contributed by atoms with van der Waals surface area (Å²) in [6.45, 7) is 10.4. The molecule has 0 aliphatic carbocycles. The lowest BCUT2D eigenvalue weighted by atomic mass is 9.77. The molecule has 3 heteroatoms. The van der Waals surface area contributed by atoms with Crippen LogP contribution in [0.3, 0.4) is 0 Å². The van der Waals surface area contributed by atoms with Gasteiger partial charge in [0.25, 0.3) is 0 Å². The summed E-state index contributed by atoms with van der Waals surface area (Å²) >= 11 is 0. The van der Waals surface area contributed by atoms with Gasteiger partial charge < -0.3 is 9.47 Å². The first-order valence-electron chi connectivity index (χ1n) is 7.91. The van der Waals surface area contributed by atoms with Crippen LogP contribution in [-0.4, -0.2) is 19.0 Å². The van der Waals surface area contributed by atoms with E-state index in [1.807, 2.05) is 25.1 Å². The van der Waals surface area contributed by atoms with Gasteiger partial charge in [0.2, 0.25) is 0 Å². The van der Waals surface area contributed by atoms with E-state index < -0.39 is 0 Å². The number of carbonyl (C=O) groups excluding carboxylic acids is 1. The topological polar surface area (TPSA) is 35.5 Å². The van der Waals surface area contributed by atoms with E-state index in [1.54, 1.807) is 13.4 Å². The second kappa shape index (κ2) is 6.55. The zero-order valence-corrected chi connectivity index (χ0v) is 14.3. The van der Waals surface area contributed by atoms with Gasteiger partial charge in [-0.25, -0.2) is 0 Å². The average Bonchev–Trinajstić information content (AvgIpc) is 2.47. The standard InChI is InChI=1S/C19H26O3/c1-11(2)17-18(20)15(10-22-19(17)12(3)4)14-8-7-13(5)16(9-14)21-6/h7-12,17,19H,1-6H3. The number of ketones is 1. The van der Waals surface area contributed by atoms with Crippen LogP contribution in [0.15, 0.2) is 24.5 Å². The van der Waals surface area contributed by atoms with Gasteiger partial charge in [0.15, 0.2) is 5.78 Å². The molecular weight excluding hydrogens is 276 g/mol. The van der Waals surface area contributed by atoms with Crippen LogP contribution >= 0.6 is 0 Å². The molecule has 0 radical (unpaired) electrons. The summed E-state index contributed by atoms with van der Waals surface area (Å²) in [5, 5.41) is 0. The van der Waals surface area contributed by atoms with Crippen LogP contribution in [-0.2, 0) is 9.53 Å². The lowest BCUT2D eigenvalue weighted by Crippen LogP contribution is -2.40. The summed E-state index contributed by atoms with van der Waals surface area (Å²) in [6, 6.07) is 5.84. The number of hydrogen-bond acceptors (Lipinski definition) is 3. The fourth-order valence-corrected chi connectivity index (χ4v) is 3.07. The van der Waals surface area contributed by atoms with Gasteiger partial charge in [0, 0.05) is 0 Å².